The highest BCUT2D eigenvalue weighted by atomic mass is 14.9. The molecule has 2 rings (SSSR count). The predicted octanol–water partition coefficient (Wildman–Crippen LogP) is 3.84. The normalized spacial score (nSPS) is 13.7. The second-order valence-electron chi connectivity index (χ2n) is 6.19. The minimum absolute atomic E-state index is 0.659. The molecule has 0 amide bonds. The van der Waals surface area contributed by atoms with Gasteiger partial charge in [0.1, 0.15) is 0 Å². The summed E-state index contributed by atoms with van der Waals surface area (Å²) in [6.45, 7) is 8.68. The Kier molecular flexibility index (Phi) is 7.14. The van der Waals surface area contributed by atoms with Gasteiger partial charge in [-0.05, 0) is 36.1 Å². The molecule has 0 aliphatic rings. The molecule has 0 fully saturated rings. The molecule has 118 valence electrons. The van der Waals surface area contributed by atoms with Gasteiger partial charge in [0.25, 0.3) is 0 Å². The van der Waals surface area contributed by atoms with Crippen LogP contribution in [0.1, 0.15) is 25.0 Å². The first kappa shape index (κ1) is 16.7. The quantitative estimate of drug-likeness (QED) is 0.734. The van der Waals surface area contributed by atoms with Crippen LogP contribution in [0.25, 0.3) is 0 Å². The van der Waals surface area contributed by atoms with E-state index >= 15 is 0 Å². The van der Waals surface area contributed by atoms with Crippen LogP contribution >= 0.6 is 0 Å². The Balaban J connectivity index is 1.61. The van der Waals surface area contributed by atoms with Crippen molar-refractivity contribution in [3.8, 4) is 0 Å². The number of hydrogen-bond donors (Lipinski definition) is 2. The Morgan fingerprint density at radius 1 is 0.636 bits per heavy atom. The summed E-state index contributed by atoms with van der Waals surface area (Å²) in [5.41, 5.74) is 2.70. The van der Waals surface area contributed by atoms with Crippen LogP contribution < -0.4 is 10.6 Å². The molecule has 2 atom stereocenters. The summed E-state index contributed by atoms with van der Waals surface area (Å²) in [6.07, 6.45) is 0. The first-order valence-electron chi connectivity index (χ1n) is 8.25. The molecule has 0 aromatic heterocycles. The topological polar surface area (TPSA) is 24.1 Å². The molecule has 0 aliphatic heterocycles. The molecule has 0 bridgehead atoms. The molecule has 0 aliphatic carbocycles. The van der Waals surface area contributed by atoms with E-state index in [1.54, 1.807) is 0 Å². The van der Waals surface area contributed by atoms with Crippen LogP contribution in [0.5, 0.6) is 0 Å². The van der Waals surface area contributed by atoms with Gasteiger partial charge in [0.05, 0.1) is 0 Å². The fraction of sp³-hybridized carbons (Fsp3) is 0.400. The molecule has 2 aromatic rings. The van der Waals surface area contributed by atoms with Gasteiger partial charge in [-0.3, -0.25) is 0 Å². The van der Waals surface area contributed by atoms with E-state index in [-0.39, 0.29) is 0 Å². The molecule has 2 N–H and O–H groups in total. The van der Waals surface area contributed by atoms with Gasteiger partial charge in [0.2, 0.25) is 0 Å². The lowest BCUT2D eigenvalue weighted by Gasteiger charge is -2.21. The number of benzene rings is 2. The maximum atomic E-state index is 3.56. The highest BCUT2D eigenvalue weighted by Gasteiger charge is 2.11. The van der Waals surface area contributed by atoms with Crippen LogP contribution in [-0.2, 0) is 13.1 Å². The van der Waals surface area contributed by atoms with E-state index in [4.69, 9.17) is 0 Å². The van der Waals surface area contributed by atoms with Crippen molar-refractivity contribution in [1.82, 2.24) is 10.6 Å². The Labute approximate surface area is 135 Å². The maximum absolute atomic E-state index is 3.56. The summed E-state index contributed by atoms with van der Waals surface area (Å²) >= 11 is 0. The zero-order valence-corrected chi connectivity index (χ0v) is 13.8. The third-order valence-corrected chi connectivity index (χ3v) is 4.25. The van der Waals surface area contributed by atoms with Gasteiger partial charge in [-0.15, -0.1) is 0 Å². The molecule has 0 radical (unpaired) electrons. The lowest BCUT2D eigenvalue weighted by molar-refractivity contribution is 0.349. The number of rotatable bonds is 9. The zero-order valence-electron chi connectivity index (χ0n) is 13.8. The lowest BCUT2D eigenvalue weighted by Crippen LogP contribution is -2.31. The van der Waals surface area contributed by atoms with Crippen LogP contribution in [-0.4, -0.2) is 13.1 Å². The standard InChI is InChI=1S/C20H28N2/c1-17(13-21-15-19-9-5-3-6-10-19)18(2)14-22-16-20-11-7-4-8-12-20/h3-12,17-18,21-22H,13-16H2,1-2H3. The van der Waals surface area contributed by atoms with Crippen LogP contribution in [0.4, 0.5) is 0 Å². The van der Waals surface area contributed by atoms with Gasteiger partial charge in [0.15, 0.2) is 0 Å². The molecule has 0 saturated heterocycles. The van der Waals surface area contributed by atoms with Crippen molar-refractivity contribution in [3.63, 3.8) is 0 Å². The van der Waals surface area contributed by atoms with E-state index in [1.807, 2.05) is 0 Å². The number of nitrogens with one attached hydrogen (secondary N) is 2. The summed E-state index contributed by atoms with van der Waals surface area (Å²) in [5.74, 6) is 1.32. The first-order valence-corrected chi connectivity index (χ1v) is 8.25. The van der Waals surface area contributed by atoms with E-state index in [0.717, 1.165) is 26.2 Å². The third kappa shape index (κ3) is 6.00. The largest absolute Gasteiger partial charge is 0.312 e. The highest BCUT2D eigenvalue weighted by Crippen LogP contribution is 2.09. The van der Waals surface area contributed by atoms with Crippen molar-refractivity contribution in [3.05, 3.63) is 71.8 Å². The van der Waals surface area contributed by atoms with Crippen molar-refractivity contribution < 1.29 is 0 Å². The second kappa shape index (κ2) is 9.39. The van der Waals surface area contributed by atoms with Gasteiger partial charge >= 0.3 is 0 Å². The molecular weight excluding hydrogens is 268 g/mol. The minimum Gasteiger partial charge on any atom is -0.312 e. The molecule has 0 spiro atoms. The molecule has 22 heavy (non-hydrogen) atoms. The van der Waals surface area contributed by atoms with Gasteiger partial charge in [0, 0.05) is 13.1 Å². The molecule has 2 unspecified atom stereocenters. The van der Waals surface area contributed by atoms with Gasteiger partial charge in [-0.2, -0.15) is 0 Å². The Hall–Kier alpha value is -1.64. The summed E-state index contributed by atoms with van der Waals surface area (Å²) in [5, 5.41) is 7.13. The second-order valence-corrected chi connectivity index (χ2v) is 6.19. The minimum atomic E-state index is 0.659. The van der Waals surface area contributed by atoms with Crippen molar-refractivity contribution >= 4 is 0 Å². The Morgan fingerprint density at radius 3 is 1.36 bits per heavy atom. The summed E-state index contributed by atoms with van der Waals surface area (Å²) in [4.78, 5) is 0. The van der Waals surface area contributed by atoms with Crippen LogP contribution in [0.3, 0.4) is 0 Å². The fourth-order valence-electron chi connectivity index (χ4n) is 2.48. The van der Waals surface area contributed by atoms with Crippen molar-refractivity contribution in [2.24, 2.45) is 11.8 Å². The van der Waals surface area contributed by atoms with Crippen LogP contribution in [0, 0.1) is 11.8 Å². The maximum Gasteiger partial charge on any atom is 0.0205 e. The van der Waals surface area contributed by atoms with Crippen molar-refractivity contribution in [2.45, 2.75) is 26.9 Å². The van der Waals surface area contributed by atoms with Crippen molar-refractivity contribution in [1.29, 1.82) is 0 Å². The molecular formula is C20H28N2. The summed E-state index contributed by atoms with van der Waals surface area (Å²) < 4.78 is 0. The van der Waals surface area contributed by atoms with Gasteiger partial charge < -0.3 is 10.6 Å². The third-order valence-electron chi connectivity index (χ3n) is 4.25. The fourth-order valence-corrected chi connectivity index (χ4v) is 2.48. The van der Waals surface area contributed by atoms with Gasteiger partial charge in [-0.25, -0.2) is 0 Å². The monoisotopic (exact) mass is 296 g/mol. The SMILES string of the molecule is CC(CNCc1ccccc1)C(C)CNCc1ccccc1. The van der Waals surface area contributed by atoms with E-state index in [1.165, 1.54) is 11.1 Å². The zero-order chi connectivity index (χ0) is 15.6. The average Bonchev–Trinajstić information content (AvgIpc) is 2.56. The molecule has 0 saturated carbocycles. The van der Waals surface area contributed by atoms with E-state index in [0.29, 0.717) is 11.8 Å². The smallest absolute Gasteiger partial charge is 0.0205 e. The van der Waals surface area contributed by atoms with Crippen LogP contribution in [0.15, 0.2) is 60.7 Å². The highest BCUT2D eigenvalue weighted by molar-refractivity contribution is 5.14. The first-order chi connectivity index (χ1) is 10.8. The van der Waals surface area contributed by atoms with E-state index < -0.39 is 0 Å². The van der Waals surface area contributed by atoms with Crippen LogP contribution in [0.2, 0.25) is 0 Å². The Bertz CT molecular complexity index is 460. The lowest BCUT2D eigenvalue weighted by atomic mass is 9.95. The number of hydrogen-bond acceptors (Lipinski definition) is 2. The summed E-state index contributed by atoms with van der Waals surface area (Å²) in [7, 11) is 0. The average molecular weight is 296 g/mol. The predicted molar refractivity (Wildman–Crippen MR) is 94.6 cm³/mol. The molecule has 0 heterocycles. The van der Waals surface area contributed by atoms with Gasteiger partial charge in [-0.1, -0.05) is 74.5 Å². The van der Waals surface area contributed by atoms with E-state index in [9.17, 15) is 0 Å². The van der Waals surface area contributed by atoms with Crippen molar-refractivity contribution in [2.75, 3.05) is 13.1 Å². The van der Waals surface area contributed by atoms with E-state index in [2.05, 4.69) is 85.1 Å². The molecule has 2 heteroatoms. The molecule has 2 nitrogen and oxygen atoms in total. The Morgan fingerprint density at radius 2 is 1.00 bits per heavy atom. The molecule has 2 aromatic carbocycles. The summed E-state index contributed by atoms with van der Waals surface area (Å²) in [6, 6.07) is 21.2.